The molecule has 1 aliphatic heterocycles. The van der Waals surface area contributed by atoms with Gasteiger partial charge in [-0.3, -0.25) is 9.69 Å². The molecule has 0 radical (unpaired) electrons. The molecular weight excluding hydrogens is 263 g/mol. The van der Waals surface area contributed by atoms with Crippen molar-refractivity contribution in [1.29, 1.82) is 0 Å². The third-order valence-electron chi connectivity index (χ3n) is 3.26. The molecule has 1 fully saturated rings. The molecule has 0 spiro atoms. The Morgan fingerprint density at radius 3 is 2.37 bits per heavy atom. The number of hydrogen-bond donors (Lipinski definition) is 0. The van der Waals surface area contributed by atoms with Crippen molar-refractivity contribution in [2.24, 2.45) is 0 Å². The van der Waals surface area contributed by atoms with Crippen molar-refractivity contribution in [1.82, 2.24) is 9.80 Å². The maximum Gasteiger partial charge on any atom is 0.244 e. The molecule has 1 aromatic rings. The van der Waals surface area contributed by atoms with Crippen LogP contribution in [0.3, 0.4) is 0 Å². The highest BCUT2D eigenvalue weighted by atomic mass is 32.2. The molecule has 0 bridgehead atoms. The quantitative estimate of drug-likeness (QED) is 0.847. The Morgan fingerprint density at radius 1 is 1.26 bits per heavy atom. The molecule has 0 unspecified atom stereocenters. The van der Waals surface area contributed by atoms with Crippen LogP contribution in [-0.2, 0) is 4.79 Å². The van der Waals surface area contributed by atoms with E-state index < -0.39 is 0 Å². The van der Waals surface area contributed by atoms with E-state index >= 15 is 0 Å². The Morgan fingerprint density at radius 2 is 1.84 bits per heavy atom. The van der Waals surface area contributed by atoms with Gasteiger partial charge in [-0.15, -0.1) is 0 Å². The largest absolute Gasteiger partial charge is 0.339 e. The molecule has 104 valence electrons. The molecule has 2 rings (SSSR count). The van der Waals surface area contributed by atoms with Crippen LogP contribution in [0.25, 0.3) is 0 Å². The van der Waals surface area contributed by atoms with Gasteiger partial charge in [0.15, 0.2) is 0 Å². The zero-order valence-electron chi connectivity index (χ0n) is 11.3. The lowest BCUT2D eigenvalue weighted by Crippen LogP contribution is -2.44. The summed E-state index contributed by atoms with van der Waals surface area (Å²) in [7, 11) is 3.76. The van der Waals surface area contributed by atoms with Gasteiger partial charge in [0.25, 0.3) is 0 Å². The highest BCUT2D eigenvalue weighted by molar-refractivity contribution is 7.99. The molecular formula is C14H19FN2OS. The zero-order valence-corrected chi connectivity index (χ0v) is 12.1. The molecule has 1 heterocycles. The second kappa shape index (κ2) is 6.39. The Kier molecular flexibility index (Phi) is 4.82. The monoisotopic (exact) mass is 282 g/mol. The number of amides is 1. The van der Waals surface area contributed by atoms with Gasteiger partial charge >= 0.3 is 0 Å². The number of nitrogens with zero attached hydrogens (tertiary/aromatic N) is 2. The van der Waals surface area contributed by atoms with E-state index in [1.165, 1.54) is 12.1 Å². The van der Waals surface area contributed by atoms with Gasteiger partial charge in [-0.2, -0.15) is 11.8 Å². The van der Waals surface area contributed by atoms with Crippen molar-refractivity contribution in [2.45, 2.75) is 6.04 Å². The molecule has 1 amide bonds. The number of carbonyl (C=O) groups is 1. The predicted molar refractivity (Wildman–Crippen MR) is 76.7 cm³/mol. The number of thioether (sulfide) groups is 1. The van der Waals surface area contributed by atoms with Crippen LogP contribution in [0.4, 0.5) is 4.39 Å². The van der Waals surface area contributed by atoms with E-state index in [2.05, 4.69) is 0 Å². The third kappa shape index (κ3) is 3.48. The van der Waals surface area contributed by atoms with Crippen LogP contribution in [0.15, 0.2) is 24.3 Å². The van der Waals surface area contributed by atoms with Gasteiger partial charge in [0.05, 0.1) is 0 Å². The Hall–Kier alpha value is -1.07. The molecule has 1 saturated heterocycles. The van der Waals surface area contributed by atoms with Gasteiger partial charge in [0.1, 0.15) is 11.9 Å². The van der Waals surface area contributed by atoms with Crippen LogP contribution < -0.4 is 0 Å². The van der Waals surface area contributed by atoms with Gasteiger partial charge in [-0.05, 0) is 31.8 Å². The second-order valence-corrected chi connectivity index (χ2v) is 6.08. The van der Waals surface area contributed by atoms with E-state index in [0.29, 0.717) is 0 Å². The van der Waals surface area contributed by atoms with E-state index in [0.717, 1.165) is 30.2 Å². The molecule has 3 nitrogen and oxygen atoms in total. The van der Waals surface area contributed by atoms with Gasteiger partial charge in [0, 0.05) is 24.6 Å². The SMILES string of the molecule is CN(C)[C@H](C(=O)N1CCSCC1)c1ccc(F)cc1. The molecule has 1 aromatic carbocycles. The lowest BCUT2D eigenvalue weighted by atomic mass is 10.0. The zero-order chi connectivity index (χ0) is 13.8. The van der Waals surface area contributed by atoms with E-state index in [9.17, 15) is 9.18 Å². The maximum absolute atomic E-state index is 13.0. The number of rotatable bonds is 3. The summed E-state index contributed by atoms with van der Waals surface area (Å²) in [6.45, 7) is 1.60. The highest BCUT2D eigenvalue weighted by Gasteiger charge is 2.28. The molecule has 0 aromatic heterocycles. The van der Waals surface area contributed by atoms with Crippen LogP contribution in [0.2, 0.25) is 0 Å². The van der Waals surface area contributed by atoms with Gasteiger partial charge < -0.3 is 4.90 Å². The fraction of sp³-hybridized carbons (Fsp3) is 0.500. The average molecular weight is 282 g/mol. The molecule has 1 aliphatic rings. The minimum Gasteiger partial charge on any atom is -0.339 e. The summed E-state index contributed by atoms with van der Waals surface area (Å²) >= 11 is 1.88. The van der Waals surface area contributed by atoms with Crippen LogP contribution in [0.1, 0.15) is 11.6 Å². The molecule has 0 saturated carbocycles. The Bertz CT molecular complexity index is 430. The first kappa shape index (κ1) is 14.3. The van der Waals surface area contributed by atoms with E-state index in [-0.39, 0.29) is 17.8 Å². The van der Waals surface area contributed by atoms with E-state index in [1.54, 1.807) is 12.1 Å². The highest BCUT2D eigenvalue weighted by Crippen LogP contribution is 2.23. The van der Waals surface area contributed by atoms with Crippen LogP contribution in [0.5, 0.6) is 0 Å². The fourth-order valence-electron chi connectivity index (χ4n) is 2.26. The van der Waals surface area contributed by atoms with Crippen molar-refractivity contribution in [3.63, 3.8) is 0 Å². The molecule has 5 heteroatoms. The van der Waals surface area contributed by atoms with Crippen molar-refractivity contribution < 1.29 is 9.18 Å². The number of likely N-dealkylation sites (N-methyl/N-ethyl adjacent to an activating group) is 1. The number of benzene rings is 1. The topological polar surface area (TPSA) is 23.6 Å². The Balaban J connectivity index is 2.19. The van der Waals surface area contributed by atoms with Gasteiger partial charge in [0.2, 0.25) is 5.91 Å². The average Bonchev–Trinajstić information content (AvgIpc) is 2.42. The minimum atomic E-state index is -0.330. The molecule has 19 heavy (non-hydrogen) atoms. The lowest BCUT2D eigenvalue weighted by Gasteiger charge is -2.33. The predicted octanol–water partition coefficient (Wildman–Crippen LogP) is 2.00. The minimum absolute atomic E-state index is 0.108. The third-order valence-corrected chi connectivity index (χ3v) is 4.20. The molecule has 0 aliphatic carbocycles. The van der Waals surface area contributed by atoms with Crippen LogP contribution >= 0.6 is 11.8 Å². The first-order valence-corrected chi connectivity index (χ1v) is 7.53. The van der Waals surface area contributed by atoms with Crippen molar-refractivity contribution in [2.75, 3.05) is 38.7 Å². The van der Waals surface area contributed by atoms with Crippen LogP contribution in [-0.4, -0.2) is 54.4 Å². The number of halogens is 1. The summed E-state index contributed by atoms with van der Waals surface area (Å²) in [6, 6.07) is 5.87. The van der Waals surface area contributed by atoms with Crippen molar-refractivity contribution in [3.05, 3.63) is 35.6 Å². The first-order valence-electron chi connectivity index (χ1n) is 6.38. The summed E-state index contributed by atoms with van der Waals surface area (Å²) in [5, 5.41) is 0. The number of carbonyl (C=O) groups excluding carboxylic acids is 1. The van der Waals surface area contributed by atoms with Crippen LogP contribution in [0, 0.1) is 5.82 Å². The lowest BCUT2D eigenvalue weighted by molar-refractivity contribution is -0.136. The smallest absolute Gasteiger partial charge is 0.244 e. The maximum atomic E-state index is 13.0. The molecule has 1 atom stereocenters. The fourth-order valence-corrected chi connectivity index (χ4v) is 3.17. The van der Waals surface area contributed by atoms with Crippen molar-refractivity contribution in [3.8, 4) is 0 Å². The van der Waals surface area contributed by atoms with E-state index in [1.807, 2.05) is 35.7 Å². The first-order chi connectivity index (χ1) is 9.09. The summed E-state index contributed by atoms with van der Waals surface area (Å²) in [4.78, 5) is 16.4. The van der Waals surface area contributed by atoms with Crippen molar-refractivity contribution >= 4 is 17.7 Å². The summed E-state index contributed by atoms with van der Waals surface area (Å²) in [5.74, 6) is 1.82. The van der Waals surface area contributed by atoms with Gasteiger partial charge in [-0.1, -0.05) is 12.1 Å². The summed E-state index contributed by atoms with van der Waals surface area (Å²) in [6.07, 6.45) is 0. The summed E-state index contributed by atoms with van der Waals surface area (Å²) in [5.41, 5.74) is 0.842. The standard InChI is InChI=1S/C14H19FN2OS/c1-16(2)13(11-3-5-12(15)6-4-11)14(18)17-7-9-19-10-8-17/h3-6,13H,7-10H2,1-2H3/t13-/m0/s1. The molecule has 0 N–H and O–H groups in total. The Labute approximate surface area is 117 Å². The normalized spacial score (nSPS) is 17.6. The van der Waals surface area contributed by atoms with E-state index in [4.69, 9.17) is 0 Å². The second-order valence-electron chi connectivity index (χ2n) is 4.86. The summed E-state index contributed by atoms with van der Waals surface area (Å²) < 4.78 is 13.0. The number of hydrogen-bond acceptors (Lipinski definition) is 3. The van der Waals surface area contributed by atoms with Gasteiger partial charge in [-0.25, -0.2) is 4.39 Å².